The van der Waals surface area contributed by atoms with Crippen LogP contribution in [0.15, 0.2) is 29.6 Å². The molecule has 1 atom stereocenters. The summed E-state index contributed by atoms with van der Waals surface area (Å²) in [7, 11) is 1.82. The molecule has 150 valence electrons. The number of nitrogens with zero attached hydrogens (tertiary/aromatic N) is 7. The maximum absolute atomic E-state index is 13.0. The number of carbonyl (C=O) groups excluding carboxylic acids is 1. The number of anilines is 2. The molecule has 0 radical (unpaired) electrons. The van der Waals surface area contributed by atoms with Crippen molar-refractivity contribution in [3.8, 4) is 17.3 Å². The molecule has 1 fully saturated rings. The van der Waals surface area contributed by atoms with E-state index in [1.54, 1.807) is 22.9 Å². The first-order valence-corrected chi connectivity index (χ1v) is 11.0. The number of carbonyl (C=O) groups is 1. The zero-order valence-corrected chi connectivity index (χ0v) is 17.3. The van der Waals surface area contributed by atoms with E-state index in [9.17, 15) is 4.79 Å². The third kappa shape index (κ3) is 3.00. The van der Waals surface area contributed by atoms with Crippen molar-refractivity contribution in [2.75, 3.05) is 16.8 Å². The van der Waals surface area contributed by atoms with Crippen molar-refractivity contribution >= 4 is 28.7 Å². The smallest absolute Gasteiger partial charge is 0.249 e. The van der Waals surface area contributed by atoms with E-state index in [1.165, 1.54) is 24.2 Å². The standard InChI is InChI=1S/C20H23N7OS/c1-3-16-19(28)25(2)17-8-21-20(24-18(17)27(16)13-6-4-5-7-13)26-9-14(22-11-26)15-10-29-12-23-15/h8-13,16H,3-7H2,1-2H3. The molecule has 1 aliphatic carbocycles. The maximum Gasteiger partial charge on any atom is 0.249 e. The molecule has 3 aromatic rings. The Kier molecular flexibility index (Phi) is 4.54. The van der Waals surface area contributed by atoms with Crippen molar-refractivity contribution in [1.82, 2.24) is 24.5 Å². The van der Waals surface area contributed by atoms with Gasteiger partial charge in [0, 0.05) is 24.7 Å². The maximum atomic E-state index is 13.0. The zero-order chi connectivity index (χ0) is 20.0. The number of rotatable bonds is 4. The SMILES string of the molecule is CCC1C(=O)N(C)c2cnc(-n3cnc(-c4cscn4)c3)nc2N1C1CCCC1. The van der Waals surface area contributed by atoms with Gasteiger partial charge in [-0.1, -0.05) is 19.8 Å². The van der Waals surface area contributed by atoms with E-state index in [-0.39, 0.29) is 11.9 Å². The summed E-state index contributed by atoms with van der Waals surface area (Å²) in [5, 5.41) is 1.97. The molecule has 29 heavy (non-hydrogen) atoms. The van der Waals surface area contributed by atoms with Gasteiger partial charge in [-0.05, 0) is 19.3 Å². The third-order valence-corrected chi connectivity index (χ3v) is 6.49. The molecule has 1 amide bonds. The molecule has 0 saturated heterocycles. The van der Waals surface area contributed by atoms with E-state index < -0.39 is 0 Å². The molecule has 4 heterocycles. The van der Waals surface area contributed by atoms with Crippen LogP contribution in [-0.2, 0) is 4.79 Å². The Morgan fingerprint density at radius 3 is 2.72 bits per heavy atom. The lowest BCUT2D eigenvalue weighted by Crippen LogP contribution is -2.55. The quantitative estimate of drug-likeness (QED) is 0.658. The summed E-state index contributed by atoms with van der Waals surface area (Å²) in [6.07, 6.45) is 10.7. The lowest BCUT2D eigenvalue weighted by molar-refractivity contribution is -0.120. The zero-order valence-electron chi connectivity index (χ0n) is 16.5. The molecule has 3 aromatic heterocycles. The van der Waals surface area contributed by atoms with Gasteiger partial charge in [0.1, 0.15) is 29.4 Å². The normalized spacial score (nSPS) is 19.8. The van der Waals surface area contributed by atoms with E-state index in [4.69, 9.17) is 4.98 Å². The molecular weight excluding hydrogens is 386 g/mol. The summed E-state index contributed by atoms with van der Waals surface area (Å²) in [4.78, 5) is 35.2. The van der Waals surface area contributed by atoms with Gasteiger partial charge in [-0.2, -0.15) is 4.98 Å². The van der Waals surface area contributed by atoms with Crippen molar-refractivity contribution in [1.29, 1.82) is 0 Å². The molecule has 1 aliphatic heterocycles. The van der Waals surface area contributed by atoms with E-state index in [0.717, 1.165) is 42.2 Å². The fourth-order valence-electron chi connectivity index (χ4n) is 4.40. The van der Waals surface area contributed by atoms with Crippen LogP contribution in [0.1, 0.15) is 39.0 Å². The minimum absolute atomic E-state index is 0.122. The van der Waals surface area contributed by atoms with Crippen LogP contribution in [0, 0.1) is 0 Å². The van der Waals surface area contributed by atoms with Crippen LogP contribution in [-0.4, -0.2) is 49.5 Å². The van der Waals surface area contributed by atoms with Crippen LogP contribution in [0.3, 0.4) is 0 Å². The highest BCUT2D eigenvalue weighted by atomic mass is 32.1. The lowest BCUT2D eigenvalue weighted by Gasteiger charge is -2.43. The van der Waals surface area contributed by atoms with Crippen LogP contribution in [0.2, 0.25) is 0 Å². The average Bonchev–Trinajstić information content (AvgIpc) is 3.51. The Morgan fingerprint density at radius 1 is 1.17 bits per heavy atom. The molecule has 0 spiro atoms. The molecular formula is C20H23N7OS. The van der Waals surface area contributed by atoms with Crippen molar-refractivity contribution in [3.63, 3.8) is 0 Å². The summed E-state index contributed by atoms with van der Waals surface area (Å²) in [5.41, 5.74) is 4.20. The number of thiazole rings is 1. The monoisotopic (exact) mass is 409 g/mol. The topological polar surface area (TPSA) is 80.0 Å². The van der Waals surface area contributed by atoms with Crippen molar-refractivity contribution < 1.29 is 4.79 Å². The highest BCUT2D eigenvalue weighted by molar-refractivity contribution is 7.07. The lowest BCUT2D eigenvalue weighted by atomic mass is 10.0. The largest absolute Gasteiger partial charge is 0.340 e. The molecule has 1 unspecified atom stereocenters. The van der Waals surface area contributed by atoms with Crippen LogP contribution in [0.4, 0.5) is 11.5 Å². The van der Waals surface area contributed by atoms with Crippen molar-refractivity contribution in [2.24, 2.45) is 0 Å². The predicted octanol–water partition coefficient (Wildman–Crippen LogP) is 3.29. The number of aromatic nitrogens is 5. The molecule has 0 N–H and O–H groups in total. The second-order valence-electron chi connectivity index (χ2n) is 7.59. The molecule has 5 rings (SSSR count). The Bertz CT molecular complexity index is 1030. The Morgan fingerprint density at radius 2 is 2.00 bits per heavy atom. The first-order chi connectivity index (χ1) is 14.2. The van der Waals surface area contributed by atoms with Crippen LogP contribution >= 0.6 is 11.3 Å². The van der Waals surface area contributed by atoms with Gasteiger partial charge in [-0.25, -0.2) is 15.0 Å². The summed E-state index contributed by atoms with van der Waals surface area (Å²) >= 11 is 1.54. The number of likely N-dealkylation sites (N-methyl/N-ethyl adjacent to an activating group) is 1. The van der Waals surface area contributed by atoms with Gasteiger partial charge in [0.25, 0.3) is 0 Å². The molecule has 8 nitrogen and oxygen atoms in total. The number of amides is 1. The third-order valence-electron chi connectivity index (χ3n) is 5.91. The number of hydrogen-bond donors (Lipinski definition) is 0. The Hall–Kier alpha value is -2.81. The fourth-order valence-corrected chi connectivity index (χ4v) is 4.95. The average molecular weight is 410 g/mol. The van der Waals surface area contributed by atoms with Gasteiger partial charge in [0.05, 0.1) is 11.7 Å². The van der Waals surface area contributed by atoms with Crippen LogP contribution in [0.5, 0.6) is 0 Å². The summed E-state index contributed by atoms with van der Waals surface area (Å²) in [6, 6.07) is 0.180. The molecule has 0 aromatic carbocycles. The molecule has 1 saturated carbocycles. The van der Waals surface area contributed by atoms with Gasteiger partial charge in [-0.15, -0.1) is 11.3 Å². The predicted molar refractivity (Wildman–Crippen MR) is 112 cm³/mol. The highest BCUT2D eigenvalue weighted by Crippen LogP contribution is 2.39. The molecule has 0 bridgehead atoms. The first kappa shape index (κ1) is 18.2. The second-order valence-corrected chi connectivity index (χ2v) is 8.30. The number of fused-ring (bicyclic) bond motifs is 1. The van der Waals surface area contributed by atoms with E-state index in [2.05, 4.69) is 26.8 Å². The summed E-state index contributed by atoms with van der Waals surface area (Å²) in [5.74, 6) is 1.52. The van der Waals surface area contributed by atoms with Gasteiger partial charge >= 0.3 is 0 Å². The summed E-state index contributed by atoms with van der Waals surface area (Å²) < 4.78 is 1.82. The number of hydrogen-bond acceptors (Lipinski definition) is 7. The number of imidazole rings is 1. The Labute approximate surface area is 173 Å². The minimum atomic E-state index is -0.174. The van der Waals surface area contributed by atoms with Crippen molar-refractivity contribution in [3.05, 3.63) is 29.6 Å². The van der Waals surface area contributed by atoms with Gasteiger partial charge < -0.3 is 9.80 Å². The fraction of sp³-hybridized carbons (Fsp3) is 0.450. The minimum Gasteiger partial charge on any atom is -0.340 e. The van der Waals surface area contributed by atoms with E-state index >= 15 is 0 Å². The van der Waals surface area contributed by atoms with E-state index in [1.807, 2.05) is 23.2 Å². The van der Waals surface area contributed by atoms with Gasteiger partial charge in [0.2, 0.25) is 11.9 Å². The van der Waals surface area contributed by atoms with E-state index in [0.29, 0.717) is 12.0 Å². The highest BCUT2D eigenvalue weighted by Gasteiger charge is 2.41. The van der Waals surface area contributed by atoms with Crippen LogP contribution < -0.4 is 9.80 Å². The molecule has 9 heteroatoms. The second kappa shape index (κ2) is 7.22. The van der Waals surface area contributed by atoms with Crippen molar-refractivity contribution in [2.45, 2.75) is 51.1 Å². The first-order valence-electron chi connectivity index (χ1n) is 10.0. The van der Waals surface area contributed by atoms with Gasteiger partial charge in [-0.3, -0.25) is 9.36 Å². The Balaban J connectivity index is 1.58. The van der Waals surface area contributed by atoms with Gasteiger partial charge in [0.15, 0.2) is 5.82 Å². The molecule has 2 aliphatic rings. The van der Waals surface area contributed by atoms with Crippen LogP contribution in [0.25, 0.3) is 17.3 Å². The summed E-state index contributed by atoms with van der Waals surface area (Å²) in [6.45, 7) is 2.07.